The molecule has 66 valence electrons. The van der Waals surface area contributed by atoms with Crippen LogP contribution >= 0.6 is 0 Å². The molecule has 1 fully saturated rings. The molecule has 3 atom stereocenters. The fourth-order valence-electron chi connectivity index (χ4n) is 1.89. The Morgan fingerprint density at radius 1 is 1.45 bits per heavy atom. The first-order valence-electron chi connectivity index (χ1n) is 4.48. The maximum Gasteiger partial charge on any atom is 0.0462 e. The second kappa shape index (κ2) is 3.55. The van der Waals surface area contributed by atoms with E-state index in [-0.39, 0.29) is 0 Å². The molecule has 0 aliphatic carbocycles. The SMILES string of the molecule is CC1C(CO)CCN(C)C1C. The van der Waals surface area contributed by atoms with Crippen LogP contribution in [0.4, 0.5) is 0 Å². The monoisotopic (exact) mass is 157 g/mol. The fourth-order valence-corrected chi connectivity index (χ4v) is 1.89. The van der Waals surface area contributed by atoms with Gasteiger partial charge in [-0.3, -0.25) is 0 Å². The zero-order valence-electron chi connectivity index (χ0n) is 7.75. The van der Waals surface area contributed by atoms with Crippen molar-refractivity contribution < 1.29 is 5.11 Å². The number of rotatable bonds is 1. The van der Waals surface area contributed by atoms with Crippen LogP contribution < -0.4 is 0 Å². The third-order valence-corrected chi connectivity index (χ3v) is 3.29. The Kier molecular flexibility index (Phi) is 2.90. The quantitative estimate of drug-likeness (QED) is 0.612. The molecule has 11 heavy (non-hydrogen) atoms. The predicted octanol–water partition coefficient (Wildman–Crippen LogP) is 0.955. The number of hydrogen-bond donors (Lipinski definition) is 1. The molecule has 0 spiro atoms. The van der Waals surface area contributed by atoms with Gasteiger partial charge in [-0.15, -0.1) is 0 Å². The molecular weight excluding hydrogens is 138 g/mol. The highest BCUT2D eigenvalue weighted by atomic mass is 16.3. The second-order valence-corrected chi connectivity index (χ2v) is 3.81. The van der Waals surface area contributed by atoms with Crippen molar-refractivity contribution >= 4 is 0 Å². The lowest BCUT2D eigenvalue weighted by atomic mass is 9.82. The topological polar surface area (TPSA) is 23.5 Å². The second-order valence-electron chi connectivity index (χ2n) is 3.81. The maximum atomic E-state index is 9.05. The molecule has 1 rings (SSSR count). The lowest BCUT2D eigenvalue weighted by molar-refractivity contribution is 0.0551. The number of hydrogen-bond acceptors (Lipinski definition) is 2. The summed E-state index contributed by atoms with van der Waals surface area (Å²) in [5.41, 5.74) is 0. The van der Waals surface area contributed by atoms with E-state index in [1.807, 2.05) is 0 Å². The van der Waals surface area contributed by atoms with Gasteiger partial charge in [-0.05, 0) is 38.8 Å². The third kappa shape index (κ3) is 1.74. The highest BCUT2D eigenvalue weighted by molar-refractivity contribution is 4.82. The van der Waals surface area contributed by atoms with Crippen molar-refractivity contribution in [3.8, 4) is 0 Å². The van der Waals surface area contributed by atoms with Gasteiger partial charge in [0, 0.05) is 12.6 Å². The molecule has 2 heteroatoms. The van der Waals surface area contributed by atoms with Crippen LogP contribution in [0.2, 0.25) is 0 Å². The molecule has 0 aromatic rings. The minimum Gasteiger partial charge on any atom is -0.396 e. The summed E-state index contributed by atoms with van der Waals surface area (Å²) in [5, 5.41) is 9.05. The van der Waals surface area contributed by atoms with Crippen LogP contribution in [0.15, 0.2) is 0 Å². The first-order chi connectivity index (χ1) is 5.16. The fraction of sp³-hybridized carbons (Fsp3) is 1.00. The molecule has 1 aliphatic rings. The summed E-state index contributed by atoms with van der Waals surface area (Å²) in [5.74, 6) is 1.17. The Balaban J connectivity index is 2.52. The predicted molar refractivity (Wildman–Crippen MR) is 46.4 cm³/mol. The van der Waals surface area contributed by atoms with Gasteiger partial charge in [-0.1, -0.05) is 6.92 Å². The van der Waals surface area contributed by atoms with Gasteiger partial charge in [0.05, 0.1) is 0 Å². The zero-order chi connectivity index (χ0) is 8.43. The van der Waals surface area contributed by atoms with E-state index in [0.29, 0.717) is 24.5 Å². The lowest BCUT2D eigenvalue weighted by Crippen LogP contribution is -2.45. The average molecular weight is 157 g/mol. The van der Waals surface area contributed by atoms with Gasteiger partial charge in [-0.25, -0.2) is 0 Å². The molecule has 3 unspecified atom stereocenters. The van der Waals surface area contributed by atoms with Crippen LogP contribution in [0.3, 0.4) is 0 Å². The van der Waals surface area contributed by atoms with Crippen molar-refractivity contribution in [3.63, 3.8) is 0 Å². The van der Waals surface area contributed by atoms with Crippen molar-refractivity contribution in [1.29, 1.82) is 0 Å². The molecule has 2 nitrogen and oxygen atoms in total. The van der Waals surface area contributed by atoms with Crippen molar-refractivity contribution in [1.82, 2.24) is 4.90 Å². The number of nitrogens with zero attached hydrogens (tertiary/aromatic N) is 1. The van der Waals surface area contributed by atoms with Crippen LogP contribution in [-0.2, 0) is 0 Å². The van der Waals surface area contributed by atoms with E-state index in [0.717, 1.165) is 13.0 Å². The molecule has 0 aromatic heterocycles. The van der Waals surface area contributed by atoms with E-state index < -0.39 is 0 Å². The smallest absolute Gasteiger partial charge is 0.0462 e. The van der Waals surface area contributed by atoms with E-state index in [9.17, 15) is 0 Å². The molecule has 1 aliphatic heterocycles. The van der Waals surface area contributed by atoms with Gasteiger partial charge in [0.15, 0.2) is 0 Å². The first kappa shape index (κ1) is 9.01. The van der Waals surface area contributed by atoms with E-state index >= 15 is 0 Å². The molecule has 0 bridgehead atoms. The lowest BCUT2D eigenvalue weighted by Gasteiger charge is -2.40. The molecule has 1 saturated heterocycles. The molecular formula is C9H19NO. The zero-order valence-corrected chi connectivity index (χ0v) is 7.75. The van der Waals surface area contributed by atoms with Gasteiger partial charge < -0.3 is 10.0 Å². The van der Waals surface area contributed by atoms with E-state index in [1.165, 1.54) is 0 Å². The van der Waals surface area contributed by atoms with Crippen molar-refractivity contribution in [3.05, 3.63) is 0 Å². The minimum atomic E-state index is 0.360. The molecule has 1 N–H and O–H groups in total. The first-order valence-corrected chi connectivity index (χ1v) is 4.48. The normalized spacial score (nSPS) is 40.9. The summed E-state index contributed by atoms with van der Waals surface area (Å²) in [6.07, 6.45) is 1.15. The van der Waals surface area contributed by atoms with Crippen LogP contribution in [0.5, 0.6) is 0 Å². The van der Waals surface area contributed by atoms with Crippen molar-refractivity contribution in [2.24, 2.45) is 11.8 Å². The minimum absolute atomic E-state index is 0.360. The van der Waals surface area contributed by atoms with Crippen LogP contribution in [-0.4, -0.2) is 36.2 Å². The summed E-state index contributed by atoms with van der Waals surface area (Å²) < 4.78 is 0. The van der Waals surface area contributed by atoms with Gasteiger partial charge in [0.25, 0.3) is 0 Å². The number of likely N-dealkylation sites (tertiary alicyclic amines) is 1. The van der Waals surface area contributed by atoms with Crippen LogP contribution in [0.1, 0.15) is 20.3 Å². The standard InChI is InChI=1S/C9H19NO/c1-7-8(2)10(3)5-4-9(7)6-11/h7-9,11H,4-6H2,1-3H3. The van der Waals surface area contributed by atoms with Crippen LogP contribution in [0.25, 0.3) is 0 Å². The Labute approximate surface area is 69.2 Å². The van der Waals surface area contributed by atoms with Crippen molar-refractivity contribution in [2.45, 2.75) is 26.3 Å². The summed E-state index contributed by atoms with van der Waals surface area (Å²) in [6, 6.07) is 0.626. The Morgan fingerprint density at radius 2 is 2.09 bits per heavy atom. The maximum absolute atomic E-state index is 9.05. The Morgan fingerprint density at radius 3 is 2.64 bits per heavy atom. The number of aliphatic hydroxyl groups excluding tert-OH is 1. The summed E-state index contributed by atoms with van der Waals surface area (Å²) in [4.78, 5) is 2.37. The largest absolute Gasteiger partial charge is 0.396 e. The van der Waals surface area contributed by atoms with E-state index in [2.05, 4.69) is 25.8 Å². The number of piperidine rings is 1. The van der Waals surface area contributed by atoms with E-state index in [4.69, 9.17) is 5.11 Å². The summed E-state index contributed by atoms with van der Waals surface area (Å²) in [6.45, 7) is 5.98. The average Bonchev–Trinajstić information content (AvgIpc) is 2.01. The molecule has 0 radical (unpaired) electrons. The molecule has 0 amide bonds. The third-order valence-electron chi connectivity index (χ3n) is 3.29. The summed E-state index contributed by atoms with van der Waals surface area (Å²) in [7, 11) is 2.16. The highest BCUT2D eigenvalue weighted by Crippen LogP contribution is 2.26. The number of aliphatic hydroxyl groups is 1. The molecule has 1 heterocycles. The van der Waals surface area contributed by atoms with Gasteiger partial charge in [-0.2, -0.15) is 0 Å². The Bertz CT molecular complexity index is 125. The molecule has 0 aromatic carbocycles. The molecule has 0 saturated carbocycles. The van der Waals surface area contributed by atoms with Crippen molar-refractivity contribution in [2.75, 3.05) is 20.2 Å². The highest BCUT2D eigenvalue weighted by Gasteiger charge is 2.29. The van der Waals surface area contributed by atoms with Gasteiger partial charge >= 0.3 is 0 Å². The van der Waals surface area contributed by atoms with Crippen LogP contribution in [0, 0.1) is 11.8 Å². The Hall–Kier alpha value is -0.0800. The van der Waals surface area contributed by atoms with E-state index in [1.54, 1.807) is 0 Å². The van der Waals surface area contributed by atoms with Gasteiger partial charge in [0.1, 0.15) is 0 Å². The van der Waals surface area contributed by atoms with Gasteiger partial charge in [0.2, 0.25) is 0 Å². The summed E-state index contributed by atoms with van der Waals surface area (Å²) >= 11 is 0.